The highest BCUT2D eigenvalue weighted by atomic mass is 79.9. The van der Waals surface area contributed by atoms with Gasteiger partial charge >= 0.3 is 17.6 Å². The summed E-state index contributed by atoms with van der Waals surface area (Å²) in [6, 6.07) is 7.27. The number of hydrogen-bond acceptors (Lipinski definition) is 9. The molecule has 2 heterocycles. The zero-order chi connectivity index (χ0) is 24.1. The molecule has 0 amide bonds. The zero-order valence-corrected chi connectivity index (χ0v) is 19.9. The topological polar surface area (TPSA) is 132 Å². The molecule has 10 nitrogen and oxygen atoms in total. The third kappa shape index (κ3) is 5.79. The van der Waals surface area contributed by atoms with Crippen LogP contribution in [0.25, 0.3) is 6.08 Å². The van der Waals surface area contributed by atoms with E-state index in [0.717, 1.165) is 5.56 Å². The summed E-state index contributed by atoms with van der Waals surface area (Å²) in [5.41, 5.74) is 6.41. The van der Waals surface area contributed by atoms with Crippen molar-refractivity contribution in [2.75, 3.05) is 12.3 Å². The predicted molar refractivity (Wildman–Crippen MR) is 123 cm³/mol. The van der Waals surface area contributed by atoms with Gasteiger partial charge in [0.1, 0.15) is 24.3 Å². The summed E-state index contributed by atoms with van der Waals surface area (Å²) in [7, 11) is 0. The second-order valence-corrected chi connectivity index (χ2v) is 7.88. The highest BCUT2D eigenvalue weighted by Gasteiger charge is 2.50. The summed E-state index contributed by atoms with van der Waals surface area (Å²) in [6.07, 6.45) is -0.839. The molecule has 1 saturated heterocycles. The summed E-state index contributed by atoms with van der Waals surface area (Å²) >= 11 is 3.17. The maximum Gasteiger partial charge on any atom is 0.351 e. The summed E-state index contributed by atoms with van der Waals surface area (Å²) in [5, 5.41) is 0. The number of nitrogens with two attached hydrogens (primary N) is 1. The molecular formula is C22H24BrN3O7. The first-order valence-corrected chi connectivity index (χ1v) is 11.0. The lowest BCUT2D eigenvalue weighted by Crippen LogP contribution is -2.43. The third-order valence-electron chi connectivity index (χ3n) is 4.92. The number of carbonyl (C=O) groups excluding carboxylic acids is 2. The molecule has 33 heavy (non-hydrogen) atoms. The van der Waals surface area contributed by atoms with Crippen LogP contribution in [0.4, 0.5) is 5.82 Å². The number of anilines is 1. The predicted octanol–water partition coefficient (Wildman–Crippen LogP) is 2.34. The lowest BCUT2D eigenvalue weighted by molar-refractivity contribution is -0.155. The smallest absolute Gasteiger partial charge is 0.351 e. The zero-order valence-electron chi connectivity index (χ0n) is 18.3. The van der Waals surface area contributed by atoms with Crippen molar-refractivity contribution in [3.05, 3.63) is 57.1 Å². The number of nitrogens with zero attached hydrogens (tertiary/aromatic N) is 2. The molecule has 0 spiro atoms. The SMILES string of the molecule is CC(=O)OC[C@H]1O[C@@H](n2cc(/C=C/Br)c(N)nc2=O)[C@H](OC(C)=O)[C@H]1Oc1ccccc1C. The van der Waals surface area contributed by atoms with Crippen LogP contribution in [0.5, 0.6) is 5.75 Å². The fourth-order valence-electron chi connectivity index (χ4n) is 3.44. The van der Waals surface area contributed by atoms with E-state index in [9.17, 15) is 14.4 Å². The second kappa shape index (κ2) is 10.6. The summed E-state index contributed by atoms with van der Waals surface area (Å²) in [6.45, 7) is 4.19. The van der Waals surface area contributed by atoms with E-state index < -0.39 is 42.2 Å². The molecule has 1 aliphatic rings. The van der Waals surface area contributed by atoms with Gasteiger partial charge in [0, 0.05) is 25.6 Å². The standard InChI is InChI=1S/C22H24BrN3O7/c1-12-6-4-5-7-16(12)32-18-17(11-30-13(2)27)33-21(19(18)31-14(3)28)26-10-15(8-9-23)20(24)25-22(26)29/h4-10,17-19,21H,11H2,1-3H3,(H2,24,25,29)/b9-8+/t17-,18+,19-,21-/m1/s1. The van der Waals surface area contributed by atoms with Gasteiger partial charge in [-0.1, -0.05) is 34.1 Å². The minimum absolute atomic E-state index is 0.0261. The van der Waals surface area contributed by atoms with Crippen molar-refractivity contribution in [3.8, 4) is 5.75 Å². The van der Waals surface area contributed by atoms with Crippen LogP contribution in [0.2, 0.25) is 0 Å². The van der Waals surface area contributed by atoms with Crippen molar-refractivity contribution < 1.29 is 28.5 Å². The molecule has 0 unspecified atom stereocenters. The number of aryl methyl sites for hydroxylation is 1. The first-order chi connectivity index (χ1) is 15.7. The molecule has 1 aliphatic heterocycles. The number of halogens is 1. The maximum atomic E-state index is 12.7. The van der Waals surface area contributed by atoms with Gasteiger partial charge in [0.25, 0.3) is 0 Å². The lowest BCUT2D eigenvalue weighted by atomic mass is 10.1. The van der Waals surface area contributed by atoms with Gasteiger partial charge < -0.3 is 24.7 Å². The number of rotatable bonds is 7. The van der Waals surface area contributed by atoms with Gasteiger partial charge in [-0.05, 0) is 29.6 Å². The Morgan fingerprint density at radius 1 is 1.24 bits per heavy atom. The number of ether oxygens (including phenoxy) is 4. The number of para-hydroxylation sites is 1. The Bertz CT molecular complexity index is 1120. The minimum atomic E-state index is -1.11. The highest BCUT2D eigenvalue weighted by molar-refractivity contribution is 9.11. The minimum Gasteiger partial charge on any atom is -0.483 e. The molecular weight excluding hydrogens is 498 g/mol. The van der Waals surface area contributed by atoms with E-state index in [1.165, 1.54) is 24.6 Å². The van der Waals surface area contributed by atoms with Gasteiger partial charge in [-0.15, -0.1) is 0 Å². The first-order valence-electron chi connectivity index (χ1n) is 10.0. The van der Waals surface area contributed by atoms with Crippen molar-refractivity contribution in [2.24, 2.45) is 0 Å². The Hall–Kier alpha value is -3.18. The van der Waals surface area contributed by atoms with Gasteiger partial charge in [-0.2, -0.15) is 4.98 Å². The number of aromatic nitrogens is 2. The Morgan fingerprint density at radius 2 is 1.97 bits per heavy atom. The Labute approximate surface area is 198 Å². The fourth-order valence-corrected chi connectivity index (χ4v) is 3.72. The van der Waals surface area contributed by atoms with Gasteiger partial charge in [0.15, 0.2) is 18.4 Å². The Morgan fingerprint density at radius 3 is 2.61 bits per heavy atom. The number of nitrogen functional groups attached to an aromatic ring is 1. The quantitative estimate of drug-likeness (QED) is 0.545. The van der Waals surface area contributed by atoms with Crippen LogP contribution in [0.3, 0.4) is 0 Å². The number of carbonyl (C=O) groups is 2. The van der Waals surface area contributed by atoms with Crippen LogP contribution in [-0.2, 0) is 23.8 Å². The van der Waals surface area contributed by atoms with Crippen molar-refractivity contribution in [1.82, 2.24) is 9.55 Å². The monoisotopic (exact) mass is 521 g/mol. The molecule has 1 fully saturated rings. The van der Waals surface area contributed by atoms with Crippen molar-refractivity contribution in [3.63, 3.8) is 0 Å². The lowest BCUT2D eigenvalue weighted by Gasteiger charge is -2.26. The van der Waals surface area contributed by atoms with Crippen molar-refractivity contribution in [2.45, 2.75) is 45.3 Å². The first kappa shape index (κ1) is 24.5. The average Bonchev–Trinajstić information content (AvgIpc) is 3.06. The second-order valence-electron chi connectivity index (χ2n) is 7.35. The van der Waals surface area contributed by atoms with E-state index in [0.29, 0.717) is 11.3 Å². The maximum absolute atomic E-state index is 12.7. The van der Waals surface area contributed by atoms with Crippen molar-refractivity contribution in [1.29, 1.82) is 0 Å². The van der Waals surface area contributed by atoms with E-state index >= 15 is 0 Å². The summed E-state index contributed by atoms with van der Waals surface area (Å²) < 4.78 is 24.1. The molecule has 1 aromatic heterocycles. The summed E-state index contributed by atoms with van der Waals surface area (Å²) in [4.78, 5) is 41.5. The van der Waals surface area contributed by atoms with Crippen LogP contribution >= 0.6 is 15.9 Å². The molecule has 2 N–H and O–H groups in total. The highest BCUT2D eigenvalue weighted by Crippen LogP contribution is 2.35. The normalized spacial score (nSPS) is 22.3. The van der Waals surface area contributed by atoms with E-state index in [1.807, 2.05) is 19.1 Å². The Balaban J connectivity index is 2.07. The fraction of sp³-hybridized carbons (Fsp3) is 0.364. The van der Waals surface area contributed by atoms with Crippen LogP contribution in [0, 0.1) is 6.92 Å². The Kier molecular flexibility index (Phi) is 7.88. The number of esters is 2. The van der Waals surface area contributed by atoms with Gasteiger partial charge in [-0.25, -0.2) is 4.79 Å². The van der Waals surface area contributed by atoms with Gasteiger partial charge in [-0.3, -0.25) is 14.2 Å². The number of benzene rings is 1. The molecule has 2 aromatic rings. The molecule has 176 valence electrons. The van der Waals surface area contributed by atoms with Crippen LogP contribution < -0.4 is 16.2 Å². The molecule has 4 atom stereocenters. The molecule has 11 heteroatoms. The largest absolute Gasteiger partial charge is 0.483 e. The summed E-state index contributed by atoms with van der Waals surface area (Å²) in [5.74, 6) is -0.561. The van der Waals surface area contributed by atoms with Gasteiger partial charge in [0.05, 0.1) is 0 Å². The molecule has 0 saturated carbocycles. The number of hydrogen-bond donors (Lipinski definition) is 1. The van der Waals surface area contributed by atoms with E-state index in [-0.39, 0.29) is 12.4 Å². The molecule has 3 rings (SSSR count). The van der Waals surface area contributed by atoms with Crippen LogP contribution in [-0.4, -0.2) is 46.4 Å². The molecule has 0 radical (unpaired) electrons. The van der Waals surface area contributed by atoms with Crippen LogP contribution in [0.1, 0.15) is 31.2 Å². The van der Waals surface area contributed by atoms with E-state index in [1.54, 1.807) is 23.2 Å². The molecule has 0 bridgehead atoms. The molecule has 0 aliphatic carbocycles. The van der Waals surface area contributed by atoms with Crippen LogP contribution in [0.15, 0.2) is 40.2 Å². The van der Waals surface area contributed by atoms with Gasteiger partial charge in [0.2, 0.25) is 0 Å². The molecule has 1 aromatic carbocycles. The van der Waals surface area contributed by atoms with E-state index in [2.05, 4.69) is 20.9 Å². The third-order valence-corrected chi connectivity index (χ3v) is 5.19. The van der Waals surface area contributed by atoms with E-state index in [4.69, 9.17) is 24.7 Å². The average molecular weight is 522 g/mol. The van der Waals surface area contributed by atoms with Crippen molar-refractivity contribution >= 4 is 39.8 Å².